The van der Waals surface area contributed by atoms with E-state index in [0.29, 0.717) is 24.5 Å². The number of nitrogens with zero attached hydrogens (tertiary/aromatic N) is 1. The molecular formula is C22H35BN2O5. The van der Waals surface area contributed by atoms with E-state index in [1.807, 2.05) is 66.7 Å². The van der Waals surface area contributed by atoms with Gasteiger partial charge in [0.15, 0.2) is 0 Å². The van der Waals surface area contributed by atoms with Gasteiger partial charge in [-0.15, -0.1) is 0 Å². The molecule has 0 atom stereocenters. The Balaban J connectivity index is 1.57. The van der Waals surface area contributed by atoms with Crippen LogP contribution in [0.25, 0.3) is 0 Å². The number of hydrogen-bond acceptors (Lipinski definition) is 6. The smallest absolute Gasteiger partial charge is 0.488 e. The van der Waals surface area contributed by atoms with Crippen LogP contribution in [0.3, 0.4) is 0 Å². The minimum Gasteiger partial charge on any atom is -0.488 e. The maximum atomic E-state index is 12.2. The first kappa shape index (κ1) is 22.8. The molecule has 1 amide bonds. The summed E-state index contributed by atoms with van der Waals surface area (Å²) in [5, 5.41) is 0. The Hall–Kier alpha value is -1.93. The molecule has 1 aromatic carbocycles. The lowest BCUT2D eigenvalue weighted by Gasteiger charge is -2.33. The molecule has 0 unspecified atom stereocenters. The number of piperidine rings is 1. The fourth-order valence-corrected chi connectivity index (χ4v) is 3.46. The van der Waals surface area contributed by atoms with Crippen molar-refractivity contribution in [2.45, 2.75) is 84.2 Å². The molecule has 2 fully saturated rings. The number of nitrogens with two attached hydrogens (primary N) is 1. The lowest BCUT2D eigenvalue weighted by Crippen LogP contribution is -2.44. The molecule has 2 saturated heterocycles. The lowest BCUT2D eigenvalue weighted by atomic mass is 9.79. The maximum absolute atomic E-state index is 12.2. The van der Waals surface area contributed by atoms with E-state index in [9.17, 15) is 4.79 Å². The van der Waals surface area contributed by atoms with Crippen LogP contribution >= 0.6 is 0 Å². The largest absolute Gasteiger partial charge is 0.494 e. The highest BCUT2D eigenvalue weighted by Crippen LogP contribution is 2.37. The number of likely N-dealkylation sites (tertiary alicyclic amines) is 1. The van der Waals surface area contributed by atoms with Crippen molar-refractivity contribution in [3.8, 4) is 5.75 Å². The quantitative estimate of drug-likeness (QED) is 0.599. The number of carbonyl (C=O) groups excluding carboxylic acids is 1. The third-order valence-electron chi connectivity index (χ3n) is 5.95. The van der Waals surface area contributed by atoms with Gasteiger partial charge >= 0.3 is 13.2 Å². The second-order valence-corrected chi connectivity index (χ2v) is 10.2. The fourth-order valence-electron chi connectivity index (χ4n) is 3.46. The van der Waals surface area contributed by atoms with E-state index >= 15 is 0 Å². The number of anilines is 1. The first-order chi connectivity index (χ1) is 13.8. The van der Waals surface area contributed by atoms with Crippen LogP contribution in [-0.4, -0.2) is 54.1 Å². The summed E-state index contributed by atoms with van der Waals surface area (Å²) in [7, 11) is -0.455. The number of benzene rings is 1. The molecule has 0 aliphatic carbocycles. The van der Waals surface area contributed by atoms with Crippen molar-refractivity contribution in [2.24, 2.45) is 0 Å². The zero-order chi connectivity index (χ0) is 22.3. The second kappa shape index (κ2) is 7.96. The first-order valence-corrected chi connectivity index (χ1v) is 10.7. The Morgan fingerprint density at radius 1 is 1.13 bits per heavy atom. The summed E-state index contributed by atoms with van der Waals surface area (Å²) in [6, 6.07) is 5.66. The van der Waals surface area contributed by atoms with Gasteiger partial charge in [0.1, 0.15) is 17.5 Å². The highest BCUT2D eigenvalue weighted by molar-refractivity contribution is 6.62. The van der Waals surface area contributed by atoms with Crippen LogP contribution in [0.2, 0.25) is 0 Å². The summed E-state index contributed by atoms with van der Waals surface area (Å²) in [5.74, 6) is 0.644. The molecule has 0 bridgehead atoms. The fraction of sp³-hybridized carbons (Fsp3) is 0.682. The minimum absolute atomic E-state index is 0.00804. The predicted molar refractivity (Wildman–Crippen MR) is 118 cm³/mol. The van der Waals surface area contributed by atoms with E-state index < -0.39 is 23.9 Å². The molecule has 8 heteroatoms. The van der Waals surface area contributed by atoms with Gasteiger partial charge in [-0.25, -0.2) is 4.79 Å². The highest BCUT2D eigenvalue weighted by Gasteiger charge is 2.51. The average molecular weight is 418 g/mol. The molecule has 166 valence electrons. The van der Waals surface area contributed by atoms with Gasteiger partial charge < -0.3 is 29.4 Å². The van der Waals surface area contributed by atoms with Crippen molar-refractivity contribution in [1.29, 1.82) is 0 Å². The number of carbonyl (C=O) groups is 1. The summed E-state index contributed by atoms with van der Waals surface area (Å²) in [6.07, 6.45) is 1.20. The van der Waals surface area contributed by atoms with E-state index in [1.165, 1.54) is 0 Å². The first-order valence-electron chi connectivity index (χ1n) is 10.7. The molecule has 30 heavy (non-hydrogen) atoms. The van der Waals surface area contributed by atoms with E-state index in [0.717, 1.165) is 18.3 Å². The van der Waals surface area contributed by atoms with Gasteiger partial charge in [0.25, 0.3) is 0 Å². The molecule has 3 rings (SSSR count). The van der Waals surface area contributed by atoms with E-state index in [1.54, 1.807) is 4.90 Å². The Morgan fingerprint density at radius 3 is 2.20 bits per heavy atom. The topological polar surface area (TPSA) is 83.2 Å². The predicted octanol–water partition coefficient (Wildman–Crippen LogP) is 3.35. The van der Waals surface area contributed by atoms with Gasteiger partial charge in [-0.2, -0.15) is 0 Å². The zero-order valence-corrected chi connectivity index (χ0v) is 19.3. The van der Waals surface area contributed by atoms with Gasteiger partial charge in [-0.05, 0) is 66.1 Å². The molecule has 0 saturated carbocycles. The molecular weight excluding hydrogens is 383 g/mol. The summed E-state index contributed by atoms with van der Waals surface area (Å²) in [6.45, 7) is 14.9. The van der Waals surface area contributed by atoms with Crippen LogP contribution in [0, 0.1) is 0 Å². The van der Waals surface area contributed by atoms with Gasteiger partial charge in [0, 0.05) is 25.9 Å². The number of rotatable bonds is 3. The number of ether oxygens (including phenoxy) is 2. The summed E-state index contributed by atoms with van der Waals surface area (Å²) < 4.78 is 23.8. The van der Waals surface area contributed by atoms with Gasteiger partial charge in [0.05, 0.1) is 16.9 Å². The zero-order valence-electron chi connectivity index (χ0n) is 19.3. The number of hydrogen-bond donors (Lipinski definition) is 1. The Morgan fingerprint density at radius 2 is 1.70 bits per heavy atom. The highest BCUT2D eigenvalue weighted by atomic mass is 16.7. The number of amides is 1. The van der Waals surface area contributed by atoms with Gasteiger partial charge in [0.2, 0.25) is 0 Å². The van der Waals surface area contributed by atoms with E-state index in [4.69, 9.17) is 24.5 Å². The van der Waals surface area contributed by atoms with Gasteiger partial charge in [-0.3, -0.25) is 0 Å². The van der Waals surface area contributed by atoms with Crippen LogP contribution in [0.15, 0.2) is 18.2 Å². The summed E-state index contributed by atoms with van der Waals surface area (Å²) in [5.41, 5.74) is 6.41. The Labute approximate surface area is 180 Å². The molecule has 0 spiro atoms. The Kier molecular flexibility index (Phi) is 6.04. The van der Waals surface area contributed by atoms with Crippen molar-refractivity contribution in [2.75, 3.05) is 18.8 Å². The van der Waals surface area contributed by atoms with Crippen LogP contribution < -0.4 is 15.9 Å². The minimum atomic E-state index is -0.488. The maximum Gasteiger partial charge on any atom is 0.494 e. The number of nitrogen functional groups attached to an aromatic ring is 1. The van der Waals surface area contributed by atoms with Crippen molar-refractivity contribution in [3.05, 3.63) is 18.2 Å². The van der Waals surface area contributed by atoms with Crippen molar-refractivity contribution in [3.63, 3.8) is 0 Å². The molecule has 0 radical (unpaired) electrons. The molecule has 2 aliphatic heterocycles. The standard InChI is InChI=1S/C22H35BN2O5/c1-20(2,3)28-19(26)25-12-10-16(11-13-25)27-18-9-8-15(14-17(18)24)23-29-21(4,5)22(6,7)30-23/h8-9,14,16H,10-13,24H2,1-7H3. The molecule has 2 aliphatic rings. The van der Waals surface area contributed by atoms with Crippen molar-refractivity contribution < 1.29 is 23.6 Å². The molecule has 2 N–H and O–H groups in total. The SMILES string of the molecule is CC(C)(C)OC(=O)N1CCC(Oc2ccc(B3OC(C)(C)C(C)(C)O3)cc2N)CC1. The van der Waals surface area contributed by atoms with Crippen LogP contribution in [-0.2, 0) is 14.0 Å². The second-order valence-electron chi connectivity index (χ2n) is 10.2. The summed E-state index contributed by atoms with van der Waals surface area (Å²) >= 11 is 0. The molecule has 1 aromatic rings. The monoisotopic (exact) mass is 418 g/mol. The lowest BCUT2D eigenvalue weighted by molar-refractivity contribution is 0.00578. The normalized spacial score (nSPS) is 21.6. The van der Waals surface area contributed by atoms with Crippen LogP contribution in [0.1, 0.15) is 61.3 Å². The van der Waals surface area contributed by atoms with E-state index in [-0.39, 0.29) is 12.2 Å². The third-order valence-corrected chi connectivity index (χ3v) is 5.95. The Bertz CT molecular complexity index is 766. The third kappa shape index (κ3) is 5.03. The van der Waals surface area contributed by atoms with Crippen molar-refractivity contribution >= 4 is 24.4 Å². The van der Waals surface area contributed by atoms with Gasteiger partial charge in [-0.1, -0.05) is 6.07 Å². The summed E-state index contributed by atoms with van der Waals surface area (Å²) in [4.78, 5) is 13.9. The average Bonchev–Trinajstić information content (AvgIpc) is 2.83. The van der Waals surface area contributed by atoms with E-state index in [2.05, 4.69) is 0 Å². The molecule has 0 aromatic heterocycles. The molecule has 2 heterocycles. The van der Waals surface area contributed by atoms with Crippen LogP contribution in [0.5, 0.6) is 5.75 Å². The van der Waals surface area contributed by atoms with Crippen LogP contribution in [0.4, 0.5) is 10.5 Å². The van der Waals surface area contributed by atoms with Crippen molar-refractivity contribution in [1.82, 2.24) is 4.90 Å². The molecule has 7 nitrogen and oxygen atoms in total.